The Morgan fingerprint density at radius 3 is 1.45 bits per heavy atom. The predicted octanol–water partition coefficient (Wildman–Crippen LogP) is 7.14. The molecular weight excluding hydrogens is 588 g/mol. The molecule has 0 spiro atoms. The minimum absolute atomic E-state index is 0.0433. The molecule has 6 heteroatoms. The molecule has 0 aromatic heterocycles. The van der Waals surface area contributed by atoms with Gasteiger partial charge in [-0.25, -0.2) is 0 Å². The third kappa shape index (κ3) is 5.40. The van der Waals surface area contributed by atoms with Crippen molar-refractivity contribution in [3.63, 3.8) is 0 Å². The summed E-state index contributed by atoms with van der Waals surface area (Å²) in [5, 5.41) is 0. The van der Waals surface area contributed by atoms with Crippen LogP contribution in [-0.4, -0.2) is 54.9 Å². The molecule has 3 saturated carbocycles. The lowest BCUT2D eigenvalue weighted by Crippen LogP contribution is -2.53. The van der Waals surface area contributed by atoms with Crippen LogP contribution in [0.5, 0.6) is 0 Å². The van der Waals surface area contributed by atoms with Crippen LogP contribution in [0.1, 0.15) is 55.7 Å². The summed E-state index contributed by atoms with van der Waals surface area (Å²) in [5.74, 6) is 2.17. The van der Waals surface area contributed by atoms with Gasteiger partial charge in [0, 0.05) is 17.8 Å². The van der Waals surface area contributed by atoms with Gasteiger partial charge in [-0.3, -0.25) is 0 Å². The number of hydrogen-bond donors (Lipinski definition) is 0. The Morgan fingerprint density at radius 1 is 0.574 bits per heavy atom. The van der Waals surface area contributed by atoms with Crippen molar-refractivity contribution in [2.75, 3.05) is 19.8 Å². The Kier molecular flexibility index (Phi) is 7.83. The van der Waals surface area contributed by atoms with Gasteiger partial charge >= 0.3 is 0 Å². The van der Waals surface area contributed by atoms with Crippen LogP contribution in [0.4, 0.5) is 0 Å². The van der Waals surface area contributed by atoms with Gasteiger partial charge < -0.3 is 28.4 Å². The van der Waals surface area contributed by atoms with Crippen LogP contribution >= 0.6 is 0 Å². The molecule has 6 aliphatic rings. The van der Waals surface area contributed by atoms with E-state index < -0.39 is 0 Å². The molecule has 6 nitrogen and oxygen atoms in total. The van der Waals surface area contributed by atoms with Gasteiger partial charge in [0.2, 0.25) is 0 Å². The van der Waals surface area contributed by atoms with E-state index in [0.717, 1.165) is 51.9 Å². The van der Waals surface area contributed by atoms with Crippen molar-refractivity contribution in [3.8, 4) is 0 Å². The fourth-order valence-electron chi connectivity index (χ4n) is 9.89. The zero-order valence-corrected chi connectivity index (χ0v) is 27.5. The van der Waals surface area contributed by atoms with Gasteiger partial charge in [-0.2, -0.15) is 0 Å². The highest BCUT2D eigenvalue weighted by molar-refractivity contribution is 5.27. The Morgan fingerprint density at radius 2 is 1.02 bits per heavy atom. The predicted molar refractivity (Wildman–Crippen MR) is 177 cm³/mol. The van der Waals surface area contributed by atoms with Crippen molar-refractivity contribution in [1.82, 2.24) is 0 Å². The number of rotatable bonds is 18. The lowest BCUT2D eigenvalue weighted by Gasteiger charge is -2.44. The van der Waals surface area contributed by atoms with Crippen molar-refractivity contribution in [1.29, 1.82) is 0 Å². The van der Waals surface area contributed by atoms with E-state index in [1.54, 1.807) is 0 Å². The second-order valence-corrected chi connectivity index (χ2v) is 15.3. The minimum Gasteiger partial charge on any atom is -0.376 e. The van der Waals surface area contributed by atoms with E-state index in [2.05, 4.69) is 97.9 Å². The summed E-state index contributed by atoms with van der Waals surface area (Å²) in [6.45, 7) is 6.65. The first kappa shape index (κ1) is 30.5. The highest BCUT2D eigenvalue weighted by Crippen LogP contribution is 2.70. The average molecular weight is 637 g/mol. The maximum absolute atomic E-state index is 6.69. The van der Waals surface area contributed by atoms with Crippen LogP contribution in [0.2, 0.25) is 0 Å². The molecule has 11 atom stereocenters. The van der Waals surface area contributed by atoms with Crippen LogP contribution in [0.15, 0.2) is 91.0 Å². The normalized spacial score (nSPS) is 38.0. The smallest absolute Gasteiger partial charge is 0.103 e. The van der Waals surface area contributed by atoms with E-state index in [9.17, 15) is 0 Å². The molecule has 248 valence electrons. The summed E-state index contributed by atoms with van der Waals surface area (Å²) >= 11 is 0. The number of hydrogen-bond acceptors (Lipinski definition) is 6. The number of fused-ring (bicyclic) bond motifs is 3. The highest BCUT2D eigenvalue weighted by Gasteiger charge is 2.79. The summed E-state index contributed by atoms with van der Waals surface area (Å²) < 4.78 is 38.6. The molecule has 11 unspecified atom stereocenters. The summed E-state index contributed by atoms with van der Waals surface area (Å²) in [5.41, 5.74) is 3.48. The topological polar surface area (TPSA) is 65.3 Å². The van der Waals surface area contributed by atoms with Gasteiger partial charge in [-0.15, -0.1) is 0 Å². The second kappa shape index (κ2) is 12.1. The summed E-state index contributed by atoms with van der Waals surface area (Å²) in [4.78, 5) is 0. The van der Waals surface area contributed by atoms with Gasteiger partial charge in [-0.1, -0.05) is 97.9 Å². The molecular formula is C41H48O6. The zero-order valence-electron chi connectivity index (χ0n) is 27.5. The van der Waals surface area contributed by atoms with E-state index in [4.69, 9.17) is 28.4 Å². The SMILES string of the molecule is CC(CC(CC12OC1CC2COCc1ccccc1)C12OC1CC2COCc1ccccc1)C12OC1CC2COCc1ccccc1. The number of ether oxygens (including phenoxy) is 6. The molecule has 3 heterocycles. The lowest BCUT2D eigenvalue weighted by molar-refractivity contribution is -0.0203. The summed E-state index contributed by atoms with van der Waals surface area (Å²) in [7, 11) is 0. The monoisotopic (exact) mass is 636 g/mol. The Balaban J connectivity index is 0.866. The molecule has 3 aromatic rings. The van der Waals surface area contributed by atoms with Crippen molar-refractivity contribution in [2.24, 2.45) is 29.6 Å². The van der Waals surface area contributed by atoms with Crippen LogP contribution in [-0.2, 0) is 48.2 Å². The molecule has 47 heavy (non-hydrogen) atoms. The third-order valence-corrected chi connectivity index (χ3v) is 12.8. The lowest BCUT2D eigenvalue weighted by atomic mass is 9.57. The van der Waals surface area contributed by atoms with Crippen LogP contribution < -0.4 is 0 Å². The van der Waals surface area contributed by atoms with Crippen LogP contribution in [0.3, 0.4) is 0 Å². The van der Waals surface area contributed by atoms with Gasteiger partial charge in [0.05, 0.1) is 58.0 Å². The Labute approximate surface area is 279 Å². The van der Waals surface area contributed by atoms with Crippen LogP contribution in [0.25, 0.3) is 0 Å². The van der Waals surface area contributed by atoms with Gasteiger partial charge in [0.1, 0.15) is 16.8 Å². The standard InChI is InChI=1S/C41H48O6/c1-28(40-34(19-37(40)46-40)26-43-23-30-13-7-3-8-14-30)17-32(41-35(20-38(41)47-41)27-44-24-31-15-9-4-10-16-31)21-39-33(18-36(39)45-39)25-42-22-29-11-5-2-6-12-29/h2-16,28,32-38H,17-27H2,1H3. The average Bonchev–Trinajstić information content (AvgIpc) is 4.02. The summed E-state index contributed by atoms with van der Waals surface area (Å²) in [6.07, 6.45) is 6.56. The van der Waals surface area contributed by atoms with Crippen molar-refractivity contribution in [3.05, 3.63) is 108 Å². The quantitative estimate of drug-likeness (QED) is 0.138. The number of benzene rings is 3. The maximum atomic E-state index is 6.69. The van der Waals surface area contributed by atoms with Crippen LogP contribution in [0, 0.1) is 29.6 Å². The van der Waals surface area contributed by atoms with E-state index in [0.29, 0.717) is 67.7 Å². The second-order valence-electron chi connectivity index (χ2n) is 15.3. The zero-order chi connectivity index (χ0) is 31.5. The van der Waals surface area contributed by atoms with Crippen molar-refractivity contribution < 1.29 is 28.4 Å². The largest absolute Gasteiger partial charge is 0.376 e. The fraction of sp³-hybridized carbons (Fsp3) is 0.561. The molecule has 6 fully saturated rings. The van der Waals surface area contributed by atoms with Crippen molar-refractivity contribution in [2.45, 2.75) is 94.0 Å². The van der Waals surface area contributed by atoms with E-state index >= 15 is 0 Å². The van der Waals surface area contributed by atoms with Crippen molar-refractivity contribution >= 4 is 0 Å². The first-order valence-corrected chi connectivity index (χ1v) is 18.0. The number of epoxide rings is 3. The molecule has 9 rings (SSSR count). The van der Waals surface area contributed by atoms with E-state index in [-0.39, 0.29) is 16.8 Å². The first-order chi connectivity index (χ1) is 23.1. The molecule has 3 saturated heterocycles. The highest BCUT2D eigenvalue weighted by atomic mass is 16.6. The molecule has 3 aliphatic heterocycles. The fourth-order valence-corrected chi connectivity index (χ4v) is 9.89. The van der Waals surface area contributed by atoms with Gasteiger partial charge in [0.25, 0.3) is 0 Å². The molecule has 0 bridgehead atoms. The molecule has 3 aliphatic carbocycles. The summed E-state index contributed by atoms with van der Waals surface area (Å²) in [6, 6.07) is 31.5. The van der Waals surface area contributed by atoms with Gasteiger partial charge in [-0.05, 0) is 60.6 Å². The van der Waals surface area contributed by atoms with E-state index in [1.807, 2.05) is 0 Å². The molecule has 3 aromatic carbocycles. The Hall–Kier alpha value is -2.58. The third-order valence-electron chi connectivity index (χ3n) is 12.8. The minimum atomic E-state index is -0.0920. The molecule has 0 amide bonds. The Bertz CT molecular complexity index is 1520. The van der Waals surface area contributed by atoms with Gasteiger partial charge in [0.15, 0.2) is 0 Å². The van der Waals surface area contributed by atoms with E-state index in [1.165, 1.54) is 16.7 Å². The maximum Gasteiger partial charge on any atom is 0.103 e. The molecule has 0 N–H and O–H groups in total. The first-order valence-electron chi connectivity index (χ1n) is 18.0. The molecule has 0 radical (unpaired) electrons.